The average molecular weight is 149 g/mol. The van der Waals surface area contributed by atoms with Crippen molar-refractivity contribution in [2.24, 2.45) is 10.4 Å². The highest BCUT2D eigenvalue weighted by atomic mass is 14.7. The minimum atomic E-state index is 0.120. The second-order valence-electron chi connectivity index (χ2n) is 3.49. The van der Waals surface area contributed by atoms with E-state index in [1.54, 1.807) is 0 Å². The zero-order valence-corrected chi connectivity index (χ0v) is 7.46. The van der Waals surface area contributed by atoms with Crippen LogP contribution in [0, 0.1) is 5.41 Å². The molecule has 1 aliphatic rings. The first kappa shape index (κ1) is 8.25. The molecule has 0 bridgehead atoms. The Kier molecular flexibility index (Phi) is 2.28. The van der Waals surface area contributed by atoms with Crippen LogP contribution in [0.5, 0.6) is 0 Å². The maximum absolute atomic E-state index is 4.16. The predicted molar refractivity (Wildman–Crippen MR) is 49.8 cm³/mol. The standard InChI is InChI=1S/C10H15N/c1-4-9-5-6-11-8-10(2,3)7-9/h5-8H,4H2,1-3H3. The number of aliphatic imine (C=N–C) groups is 1. The first-order chi connectivity index (χ1) is 5.14. The number of allylic oxidation sites excluding steroid dienone is 3. The molecule has 1 nitrogen and oxygen atoms in total. The van der Waals surface area contributed by atoms with Gasteiger partial charge in [0.2, 0.25) is 0 Å². The lowest BCUT2D eigenvalue weighted by Gasteiger charge is -2.13. The molecule has 0 atom stereocenters. The van der Waals surface area contributed by atoms with Gasteiger partial charge in [-0.25, -0.2) is 0 Å². The smallest absolute Gasteiger partial charge is 0.0266 e. The molecule has 0 aromatic rings. The minimum absolute atomic E-state index is 0.120. The fourth-order valence-electron chi connectivity index (χ4n) is 1.16. The number of hydrogen-bond acceptors (Lipinski definition) is 1. The molecule has 60 valence electrons. The van der Waals surface area contributed by atoms with Gasteiger partial charge in [0.1, 0.15) is 0 Å². The van der Waals surface area contributed by atoms with Crippen molar-refractivity contribution >= 4 is 6.21 Å². The Bertz CT molecular complexity index is 219. The van der Waals surface area contributed by atoms with Crippen LogP contribution in [0.1, 0.15) is 27.2 Å². The fourth-order valence-corrected chi connectivity index (χ4v) is 1.16. The molecule has 0 amide bonds. The number of rotatable bonds is 1. The van der Waals surface area contributed by atoms with E-state index in [-0.39, 0.29) is 5.41 Å². The van der Waals surface area contributed by atoms with Gasteiger partial charge in [0.15, 0.2) is 0 Å². The van der Waals surface area contributed by atoms with E-state index in [2.05, 4.69) is 37.9 Å². The van der Waals surface area contributed by atoms with Gasteiger partial charge in [0, 0.05) is 17.8 Å². The Hall–Kier alpha value is -0.850. The Morgan fingerprint density at radius 2 is 2.18 bits per heavy atom. The van der Waals surface area contributed by atoms with E-state index in [4.69, 9.17) is 0 Å². The Labute approximate surface area is 68.5 Å². The van der Waals surface area contributed by atoms with E-state index in [9.17, 15) is 0 Å². The van der Waals surface area contributed by atoms with Crippen molar-refractivity contribution in [2.75, 3.05) is 0 Å². The van der Waals surface area contributed by atoms with E-state index in [1.807, 2.05) is 12.4 Å². The molecule has 0 N–H and O–H groups in total. The van der Waals surface area contributed by atoms with Gasteiger partial charge in [-0.1, -0.05) is 26.8 Å². The summed E-state index contributed by atoms with van der Waals surface area (Å²) in [5, 5.41) is 0. The number of hydrogen-bond donors (Lipinski definition) is 0. The molecule has 0 saturated heterocycles. The molecule has 1 heterocycles. The summed E-state index contributed by atoms with van der Waals surface area (Å²) in [6, 6.07) is 0. The third-order valence-corrected chi connectivity index (χ3v) is 1.75. The first-order valence-electron chi connectivity index (χ1n) is 4.07. The molecule has 0 fully saturated rings. The Morgan fingerprint density at radius 1 is 1.45 bits per heavy atom. The molecule has 0 radical (unpaired) electrons. The van der Waals surface area contributed by atoms with Crippen LogP contribution in [0.15, 0.2) is 28.9 Å². The van der Waals surface area contributed by atoms with Crippen LogP contribution in [0.2, 0.25) is 0 Å². The van der Waals surface area contributed by atoms with Crippen molar-refractivity contribution in [3.05, 3.63) is 23.9 Å². The molecule has 11 heavy (non-hydrogen) atoms. The van der Waals surface area contributed by atoms with Gasteiger partial charge in [-0.3, -0.25) is 4.99 Å². The van der Waals surface area contributed by atoms with Crippen LogP contribution < -0.4 is 0 Å². The zero-order chi connectivity index (χ0) is 8.32. The first-order valence-corrected chi connectivity index (χ1v) is 4.07. The summed E-state index contributed by atoms with van der Waals surface area (Å²) in [6.45, 7) is 6.50. The quantitative estimate of drug-likeness (QED) is 0.543. The van der Waals surface area contributed by atoms with Crippen molar-refractivity contribution in [1.29, 1.82) is 0 Å². The van der Waals surface area contributed by atoms with Gasteiger partial charge in [-0.15, -0.1) is 0 Å². The lowest BCUT2D eigenvalue weighted by atomic mass is 9.92. The van der Waals surface area contributed by atoms with E-state index in [0.717, 1.165) is 6.42 Å². The average Bonchev–Trinajstić information content (AvgIpc) is 2.10. The van der Waals surface area contributed by atoms with Gasteiger partial charge in [0.05, 0.1) is 0 Å². The van der Waals surface area contributed by atoms with E-state index < -0.39 is 0 Å². The van der Waals surface area contributed by atoms with Crippen molar-refractivity contribution < 1.29 is 0 Å². The van der Waals surface area contributed by atoms with Gasteiger partial charge >= 0.3 is 0 Å². The summed E-state index contributed by atoms with van der Waals surface area (Å²) in [4.78, 5) is 4.16. The monoisotopic (exact) mass is 149 g/mol. The van der Waals surface area contributed by atoms with E-state index >= 15 is 0 Å². The topological polar surface area (TPSA) is 12.4 Å². The third-order valence-electron chi connectivity index (χ3n) is 1.75. The van der Waals surface area contributed by atoms with Crippen LogP contribution in [-0.4, -0.2) is 6.21 Å². The van der Waals surface area contributed by atoms with Crippen LogP contribution in [0.25, 0.3) is 0 Å². The summed E-state index contributed by atoms with van der Waals surface area (Å²) in [7, 11) is 0. The van der Waals surface area contributed by atoms with Crippen molar-refractivity contribution in [3.8, 4) is 0 Å². The Morgan fingerprint density at radius 3 is 2.82 bits per heavy atom. The summed E-state index contributed by atoms with van der Waals surface area (Å²) >= 11 is 0. The summed E-state index contributed by atoms with van der Waals surface area (Å²) in [6.07, 6.45) is 9.27. The molecule has 1 rings (SSSR count). The summed E-state index contributed by atoms with van der Waals surface area (Å²) in [5.41, 5.74) is 1.49. The third kappa shape index (κ3) is 2.34. The highest BCUT2D eigenvalue weighted by molar-refractivity contribution is 5.69. The van der Waals surface area contributed by atoms with E-state index in [1.165, 1.54) is 5.57 Å². The lowest BCUT2D eigenvalue weighted by Crippen LogP contribution is -2.08. The second kappa shape index (κ2) is 3.04. The molecule has 1 aliphatic heterocycles. The molecular formula is C10H15N. The highest BCUT2D eigenvalue weighted by Crippen LogP contribution is 2.20. The molecule has 1 heteroatoms. The maximum atomic E-state index is 4.16. The summed E-state index contributed by atoms with van der Waals surface area (Å²) < 4.78 is 0. The summed E-state index contributed by atoms with van der Waals surface area (Å²) in [5.74, 6) is 0. The molecular weight excluding hydrogens is 134 g/mol. The maximum Gasteiger partial charge on any atom is 0.0266 e. The molecule has 0 spiro atoms. The van der Waals surface area contributed by atoms with Gasteiger partial charge in [0.25, 0.3) is 0 Å². The predicted octanol–water partition coefficient (Wildman–Crippen LogP) is 2.95. The zero-order valence-electron chi connectivity index (χ0n) is 7.46. The molecule has 0 aliphatic carbocycles. The Balaban J connectivity index is 2.90. The van der Waals surface area contributed by atoms with E-state index in [0.29, 0.717) is 0 Å². The minimum Gasteiger partial charge on any atom is -0.268 e. The van der Waals surface area contributed by atoms with Crippen LogP contribution in [0.3, 0.4) is 0 Å². The van der Waals surface area contributed by atoms with Crippen LogP contribution in [-0.2, 0) is 0 Å². The molecule has 0 aromatic heterocycles. The van der Waals surface area contributed by atoms with Gasteiger partial charge in [-0.05, 0) is 18.1 Å². The molecule has 0 aromatic carbocycles. The normalized spacial score (nSPS) is 21.2. The van der Waals surface area contributed by atoms with Crippen molar-refractivity contribution in [2.45, 2.75) is 27.2 Å². The highest BCUT2D eigenvalue weighted by Gasteiger charge is 2.12. The largest absolute Gasteiger partial charge is 0.268 e. The van der Waals surface area contributed by atoms with Crippen molar-refractivity contribution in [3.63, 3.8) is 0 Å². The second-order valence-corrected chi connectivity index (χ2v) is 3.49. The number of nitrogens with zero attached hydrogens (tertiary/aromatic N) is 1. The lowest BCUT2D eigenvalue weighted by molar-refractivity contribution is 0.688. The van der Waals surface area contributed by atoms with Crippen molar-refractivity contribution in [1.82, 2.24) is 0 Å². The molecule has 0 saturated carbocycles. The van der Waals surface area contributed by atoms with Crippen LogP contribution >= 0.6 is 0 Å². The van der Waals surface area contributed by atoms with Gasteiger partial charge < -0.3 is 0 Å². The molecule has 0 unspecified atom stereocenters. The SMILES string of the molecule is CCC1=CC(C)(C)C=NC=C1. The van der Waals surface area contributed by atoms with Crippen LogP contribution in [0.4, 0.5) is 0 Å². The fraction of sp³-hybridized carbons (Fsp3) is 0.500. The van der Waals surface area contributed by atoms with Gasteiger partial charge in [-0.2, -0.15) is 0 Å².